The van der Waals surface area contributed by atoms with Crippen LogP contribution in [-0.2, 0) is 16.2 Å². The number of benzene rings is 5. The molecule has 0 atom stereocenters. The SMILES string of the molecule is CC(C)(C)c1cccc2c3c(oc12)B1c2cc4c(cc2N(c2ccccc2-c2ccccc2)c2cccc(c21)O3)C(C)(C)CCC4(C)C. The first-order chi connectivity index (χ1) is 22.9. The van der Waals surface area contributed by atoms with Crippen molar-refractivity contribution in [2.45, 2.75) is 77.6 Å². The van der Waals surface area contributed by atoms with E-state index in [0.29, 0.717) is 0 Å². The van der Waals surface area contributed by atoms with Gasteiger partial charge >= 0.3 is 6.71 Å². The van der Waals surface area contributed by atoms with Gasteiger partial charge in [-0.05, 0) is 81.6 Å². The third-order valence-electron chi connectivity index (χ3n) is 11.3. The topological polar surface area (TPSA) is 25.6 Å². The van der Waals surface area contributed by atoms with E-state index < -0.39 is 0 Å². The second-order valence-electron chi connectivity index (χ2n) is 16.4. The van der Waals surface area contributed by atoms with Gasteiger partial charge in [-0.15, -0.1) is 0 Å². The molecule has 3 nitrogen and oxygen atoms in total. The largest absolute Gasteiger partial charge is 0.466 e. The molecule has 3 heterocycles. The van der Waals surface area contributed by atoms with Crippen molar-refractivity contribution in [2.24, 2.45) is 0 Å². The summed E-state index contributed by atoms with van der Waals surface area (Å²) in [7, 11) is 0. The molecule has 5 aromatic carbocycles. The quantitative estimate of drug-likeness (QED) is 0.178. The third kappa shape index (κ3) is 4.14. The number of fused-ring (bicyclic) bond motifs is 7. The van der Waals surface area contributed by atoms with Crippen LogP contribution in [-0.4, -0.2) is 6.71 Å². The Morgan fingerprint density at radius 3 is 2.10 bits per heavy atom. The standard InChI is InChI=1S/C44H42BNO2/c1-42(2,3)30-19-13-18-29-39(30)48-41-40(29)47-37-22-14-21-35-38(37)45(41)33-25-31-32(44(6,7)24-23-43(31,4)5)26-36(33)46(35)34-20-12-11-17-28(34)27-15-9-8-10-16-27/h8-22,25-26H,23-24H2,1-7H3. The molecule has 0 bridgehead atoms. The van der Waals surface area contributed by atoms with Crippen molar-refractivity contribution in [2.75, 3.05) is 4.90 Å². The van der Waals surface area contributed by atoms with Gasteiger partial charge in [0.15, 0.2) is 5.75 Å². The summed E-state index contributed by atoms with van der Waals surface area (Å²) in [5.74, 6) is 1.76. The molecule has 0 saturated carbocycles. The predicted octanol–water partition coefficient (Wildman–Crippen LogP) is 10.2. The summed E-state index contributed by atoms with van der Waals surface area (Å²) >= 11 is 0. The Kier molecular flexibility index (Phi) is 6.08. The molecule has 4 heteroatoms. The highest BCUT2D eigenvalue weighted by atomic mass is 16.5. The predicted molar refractivity (Wildman–Crippen MR) is 201 cm³/mol. The van der Waals surface area contributed by atoms with Gasteiger partial charge in [-0.3, -0.25) is 0 Å². The molecule has 2 aliphatic heterocycles. The van der Waals surface area contributed by atoms with Crippen molar-refractivity contribution in [3.63, 3.8) is 0 Å². The number of nitrogens with zero attached hydrogens (tertiary/aromatic N) is 1. The number of furan rings is 1. The lowest BCUT2D eigenvalue weighted by Crippen LogP contribution is -2.59. The fourth-order valence-electron chi connectivity index (χ4n) is 8.61. The summed E-state index contributed by atoms with van der Waals surface area (Å²) in [6.45, 7) is 16.4. The fourth-order valence-corrected chi connectivity index (χ4v) is 8.61. The summed E-state index contributed by atoms with van der Waals surface area (Å²) in [4.78, 5) is 2.50. The van der Waals surface area contributed by atoms with Gasteiger partial charge < -0.3 is 14.1 Å². The average Bonchev–Trinajstić information content (AvgIpc) is 3.45. The fraction of sp³-hybridized carbons (Fsp3) is 0.273. The van der Waals surface area contributed by atoms with Gasteiger partial charge in [0.25, 0.3) is 0 Å². The number of ether oxygens (including phenoxy) is 1. The minimum Gasteiger partial charge on any atom is -0.466 e. The van der Waals surface area contributed by atoms with Gasteiger partial charge in [-0.1, -0.05) is 121 Å². The van der Waals surface area contributed by atoms with Crippen LogP contribution in [0.3, 0.4) is 0 Å². The van der Waals surface area contributed by atoms with Crippen molar-refractivity contribution in [3.05, 3.63) is 120 Å². The van der Waals surface area contributed by atoms with Crippen LogP contribution < -0.4 is 26.2 Å². The Labute approximate surface area is 284 Å². The monoisotopic (exact) mass is 627 g/mol. The highest BCUT2D eigenvalue weighted by molar-refractivity contribution is 6.98. The van der Waals surface area contributed by atoms with Crippen LogP contribution in [0.2, 0.25) is 0 Å². The maximum atomic E-state index is 7.08. The van der Waals surface area contributed by atoms with E-state index in [-0.39, 0.29) is 23.0 Å². The summed E-state index contributed by atoms with van der Waals surface area (Å²) in [6.07, 6.45) is 2.32. The third-order valence-corrected chi connectivity index (χ3v) is 11.3. The Balaban J connectivity index is 1.39. The highest BCUT2D eigenvalue weighted by Crippen LogP contribution is 2.51. The lowest BCUT2D eigenvalue weighted by molar-refractivity contribution is 0.332. The zero-order chi connectivity index (χ0) is 33.2. The Bertz CT molecular complexity index is 2270. The number of hydrogen-bond acceptors (Lipinski definition) is 3. The van der Waals surface area contributed by atoms with E-state index in [2.05, 4.69) is 156 Å². The molecule has 0 unspecified atom stereocenters. The summed E-state index contributed by atoms with van der Waals surface area (Å²) in [6, 6.07) is 37.7. The van der Waals surface area contributed by atoms with Gasteiger partial charge in [-0.25, -0.2) is 0 Å². The van der Waals surface area contributed by atoms with E-state index in [1.54, 1.807) is 0 Å². The molecule has 0 spiro atoms. The number of anilines is 3. The summed E-state index contributed by atoms with van der Waals surface area (Å²) < 4.78 is 14.0. The van der Waals surface area contributed by atoms with Crippen LogP contribution in [0.25, 0.3) is 22.1 Å². The van der Waals surface area contributed by atoms with Gasteiger partial charge in [0.1, 0.15) is 17.0 Å². The maximum absolute atomic E-state index is 7.08. The zero-order valence-electron chi connectivity index (χ0n) is 29.1. The van der Waals surface area contributed by atoms with Gasteiger partial charge in [0.2, 0.25) is 0 Å². The molecule has 1 aliphatic carbocycles. The molecule has 9 rings (SSSR count). The van der Waals surface area contributed by atoms with Gasteiger partial charge in [-0.2, -0.15) is 0 Å². The van der Waals surface area contributed by atoms with Crippen molar-refractivity contribution in [3.8, 4) is 22.6 Å². The van der Waals surface area contributed by atoms with Crippen molar-refractivity contribution >= 4 is 51.3 Å². The molecule has 6 aromatic rings. The molecular weight excluding hydrogens is 585 g/mol. The number of rotatable bonds is 2. The molecule has 0 saturated heterocycles. The van der Waals surface area contributed by atoms with E-state index in [9.17, 15) is 0 Å². The van der Waals surface area contributed by atoms with Crippen molar-refractivity contribution in [1.82, 2.24) is 0 Å². The molecule has 0 N–H and O–H groups in total. The maximum Gasteiger partial charge on any atom is 0.301 e. The van der Waals surface area contributed by atoms with Gasteiger partial charge in [0, 0.05) is 28.0 Å². The summed E-state index contributed by atoms with van der Waals surface area (Å²) in [5.41, 5.74) is 14.4. The molecule has 0 fully saturated rings. The second-order valence-corrected chi connectivity index (χ2v) is 16.4. The van der Waals surface area contributed by atoms with Crippen LogP contribution in [0.1, 0.15) is 78.0 Å². The van der Waals surface area contributed by atoms with E-state index in [1.165, 1.54) is 44.4 Å². The van der Waals surface area contributed by atoms with Crippen LogP contribution in [0.4, 0.5) is 17.1 Å². The average molecular weight is 628 g/mol. The zero-order valence-corrected chi connectivity index (χ0v) is 29.1. The van der Waals surface area contributed by atoms with Crippen LogP contribution in [0.15, 0.2) is 108 Å². The Morgan fingerprint density at radius 1 is 0.688 bits per heavy atom. The Hall–Kier alpha value is -4.70. The van der Waals surface area contributed by atoms with E-state index in [0.717, 1.165) is 52.3 Å². The summed E-state index contributed by atoms with van der Waals surface area (Å²) in [5, 5.41) is 1.05. The minimum absolute atomic E-state index is 0.0632. The first-order valence-corrected chi connectivity index (χ1v) is 17.4. The molecule has 3 aliphatic rings. The van der Waals surface area contributed by atoms with E-state index in [1.807, 2.05) is 0 Å². The molecule has 0 amide bonds. The first-order valence-electron chi connectivity index (χ1n) is 17.4. The second kappa shape index (κ2) is 9.92. The number of hydrogen-bond donors (Lipinski definition) is 0. The molecule has 1 aromatic heterocycles. The van der Waals surface area contributed by atoms with E-state index >= 15 is 0 Å². The van der Waals surface area contributed by atoms with E-state index in [4.69, 9.17) is 9.15 Å². The molecule has 48 heavy (non-hydrogen) atoms. The van der Waals surface area contributed by atoms with Crippen LogP contribution in [0, 0.1) is 0 Å². The minimum atomic E-state index is -0.0959. The smallest absolute Gasteiger partial charge is 0.301 e. The number of para-hydroxylation sites is 2. The van der Waals surface area contributed by atoms with Crippen LogP contribution >= 0.6 is 0 Å². The molecular formula is C44H42BNO2. The van der Waals surface area contributed by atoms with Crippen molar-refractivity contribution < 1.29 is 9.15 Å². The van der Waals surface area contributed by atoms with Crippen LogP contribution in [0.5, 0.6) is 11.5 Å². The molecule has 0 radical (unpaired) electrons. The lowest BCUT2D eigenvalue weighted by atomic mass is 9.35. The van der Waals surface area contributed by atoms with Crippen molar-refractivity contribution in [1.29, 1.82) is 0 Å². The normalized spacial score (nSPS) is 16.9. The first kappa shape index (κ1) is 29.4. The Morgan fingerprint density at radius 2 is 1.35 bits per heavy atom. The molecule has 238 valence electrons. The highest BCUT2D eigenvalue weighted by Gasteiger charge is 2.48. The van der Waals surface area contributed by atoms with Gasteiger partial charge in [0.05, 0.1) is 11.1 Å². The lowest BCUT2D eigenvalue weighted by Gasteiger charge is -2.45.